The Morgan fingerprint density at radius 3 is 2.41 bits per heavy atom. The van der Waals surface area contributed by atoms with Crippen LogP contribution in [-0.2, 0) is 4.79 Å². The number of aryl methyl sites for hydroxylation is 1. The smallest absolute Gasteiger partial charge is 0.316 e. The minimum absolute atomic E-state index is 0.0888. The average Bonchev–Trinajstić information content (AvgIpc) is 3.42. The van der Waals surface area contributed by atoms with Gasteiger partial charge in [-0.3, -0.25) is 9.69 Å². The first-order valence-corrected chi connectivity index (χ1v) is 13.8. The fourth-order valence-electron chi connectivity index (χ4n) is 4.95. The Morgan fingerprint density at radius 2 is 1.69 bits per heavy atom. The number of carbonyl (C=O) groups is 2. The summed E-state index contributed by atoms with van der Waals surface area (Å²) in [5.74, 6) is -0.172. The Balaban J connectivity index is 1.50. The summed E-state index contributed by atoms with van der Waals surface area (Å²) in [6.07, 6.45) is 3.66. The Hall–Kier alpha value is -3.74. The highest BCUT2D eigenvalue weighted by atomic mass is 35.5. The zero-order valence-corrected chi connectivity index (χ0v) is 23.4. The van der Waals surface area contributed by atoms with E-state index in [0.717, 1.165) is 41.0 Å². The minimum atomic E-state index is -0.387. The number of nitrogens with one attached hydrogen (secondary N) is 1. The molecule has 1 unspecified atom stereocenters. The highest BCUT2D eigenvalue weighted by molar-refractivity contribution is 6.36. The van der Waals surface area contributed by atoms with Crippen molar-refractivity contribution in [2.24, 2.45) is 0 Å². The maximum absolute atomic E-state index is 14.2. The van der Waals surface area contributed by atoms with E-state index in [1.54, 1.807) is 23.1 Å². The van der Waals surface area contributed by atoms with Gasteiger partial charge in [-0.05, 0) is 61.4 Å². The normalized spacial score (nSPS) is 13.9. The van der Waals surface area contributed by atoms with Gasteiger partial charge >= 0.3 is 6.03 Å². The monoisotopic (exact) mass is 560 g/mol. The molecule has 3 aromatic carbocycles. The van der Waals surface area contributed by atoms with Gasteiger partial charge in [-0.1, -0.05) is 78.5 Å². The Bertz CT molecular complexity index is 1500. The summed E-state index contributed by atoms with van der Waals surface area (Å²) in [6, 6.07) is 24.3. The van der Waals surface area contributed by atoms with Crippen LogP contribution in [-0.4, -0.2) is 34.5 Å². The maximum atomic E-state index is 14.2. The zero-order valence-electron chi connectivity index (χ0n) is 21.9. The first-order valence-electron chi connectivity index (χ1n) is 13.0. The number of para-hydroxylation sites is 2. The van der Waals surface area contributed by atoms with Gasteiger partial charge in [0, 0.05) is 17.8 Å². The van der Waals surface area contributed by atoms with Crippen molar-refractivity contribution in [1.29, 1.82) is 0 Å². The summed E-state index contributed by atoms with van der Waals surface area (Å²) in [4.78, 5) is 31.0. The molecule has 0 aliphatic carbocycles. The van der Waals surface area contributed by atoms with E-state index in [9.17, 15) is 9.59 Å². The third kappa shape index (κ3) is 5.54. The summed E-state index contributed by atoms with van der Waals surface area (Å²) in [5, 5.41) is 3.67. The molecule has 3 amide bonds. The first-order chi connectivity index (χ1) is 18.9. The van der Waals surface area contributed by atoms with Crippen molar-refractivity contribution in [3.63, 3.8) is 0 Å². The summed E-state index contributed by atoms with van der Waals surface area (Å²) >= 11 is 12.3. The van der Waals surface area contributed by atoms with Crippen LogP contribution in [0.15, 0.2) is 85.1 Å². The van der Waals surface area contributed by atoms with Gasteiger partial charge in [0.2, 0.25) is 5.91 Å². The summed E-state index contributed by atoms with van der Waals surface area (Å²) in [7, 11) is 0. The van der Waals surface area contributed by atoms with E-state index in [4.69, 9.17) is 23.2 Å². The topological polar surface area (TPSA) is 57.6 Å². The number of hydrogen-bond donors (Lipinski definition) is 1. The second-order valence-electron chi connectivity index (χ2n) is 9.70. The molecular weight excluding hydrogens is 531 g/mol. The second kappa shape index (κ2) is 11.6. The lowest BCUT2D eigenvalue weighted by molar-refractivity contribution is -0.119. The van der Waals surface area contributed by atoms with Gasteiger partial charge in [-0.15, -0.1) is 0 Å². The lowest BCUT2D eigenvalue weighted by Crippen LogP contribution is -2.48. The number of halogens is 2. The van der Waals surface area contributed by atoms with Crippen molar-refractivity contribution in [2.75, 3.05) is 23.3 Å². The molecule has 1 aromatic heterocycles. The molecule has 4 aromatic rings. The molecule has 1 atom stereocenters. The van der Waals surface area contributed by atoms with Crippen LogP contribution in [0.3, 0.4) is 0 Å². The molecule has 5 rings (SSSR count). The number of unbranched alkanes of at least 4 members (excludes halogenated alkanes) is 1. The molecule has 39 heavy (non-hydrogen) atoms. The van der Waals surface area contributed by atoms with Crippen molar-refractivity contribution in [3.05, 3.63) is 112 Å². The molecule has 0 spiro atoms. The predicted molar refractivity (Wildman–Crippen MR) is 158 cm³/mol. The van der Waals surface area contributed by atoms with Crippen LogP contribution in [0.5, 0.6) is 0 Å². The van der Waals surface area contributed by atoms with Crippen LogP contribution >= 0.6 is 23.2 Å². The number of aromatic nitrogens is 1. The Morgan fingerprint density at radius 1 is 0.949 bits per heavy atom. The zero-order chi connectivity index (χ0) is 27.5. The Kier molecular flexibility index (Phi) is 7.96. The summed E-state index contributed by atoms with van der Waals surface area (Å²) < 4.78 is 2.13. The third-order valence-electron chi connectivity index (χ3n) is 6.95. The number of fused-ring (bicyclic) bond motifs is 3. The van der Waals surface area contributed by atoms with E-state index in [1.165, 1.54) is 0 Å². The van der Waals surface area contributed by atoms with Crippen molar-refractivity contribution in [3.8, 4) is 5.69 Å². The van der Waals surface area contributed by atoms with Crippen LogP contribution in [0.25, 0.3) is 5.69 Å². The molecule has 6 nitrogen and oxygen atoms in total. The number of amides is 3. The SMILES string of the molecule is CCCCN(CC(=O)N1c2ccccc2-n2cccc2C1c1ccc(C)cc1)C(=O)Nc1ccc(Cl)cc1Cl. The van der Waals surface area contributed by atoms with Crippen molar-refractivity contribution in [1.82, 2.24) is 9.47 Å². The van der Waals surface area contributed by atoms with Crippen LogP contribution in [0.2, 0.25) is 10.0 Å². The Labute approximate surface area is 238 Å². The molecular formula is C31H30Cl2N4O2. The molecule has 0 saturated heterocycles. The summed E-state index contributed by atoms with van der Waals surface area (Å²) in [6.45, 7) is 4.44. The molecule has 1 aliphatic heterocycles. The van der Waals surface area contributed by atoms with E-state index < -0.39 is 0 Å². The standard InChI is InChI=1S/C31H30Cl2N4O2/c1-3-4-17-35(31(39)34-25-16-15-23(32)19-24(25)33)20-29(38)37-27-9-6-5-8-26(27)36-18-7-10-28(36)30(37)22-13-11-21(2)12-14-22/h5-16,18-19,30H,3-4,17,20H2,1-2H3,(H,34,39). The van der Waals surface area contributed by atoms with E-state index >= 15 is 0 Å². The number of rotatable bonds is 7. The summed E-state index contributed by atoms with van der Waals surface area (Å²) in [5.41, 5.74) is 5.30. The molecule has 1 aliphatic rings. The number of benzene rings is 3. The lowest BCUT2D eigenvalue weighted by atomic mass is 9.97. The average molecular weight is 562 g/mol. The van der Waals surface area contributed by atoms with Gasteiger partial charge in [-0.2, -0.15) is 0 Å². The van der Waals surface area contributed by atoms with Crippen molar-refractivity contribution >= 4 is 46.5 Å². The van der Waals surface area contributed by atoms with Gasteiger partial charge in [0.05, 0.1) is 27.8 Å². The number of hydrogen-bond acceptors (Lipinski definition) is 2. The van der Waals surface area contributed by atoms with Crippen LogP contribution < -0.4 is 10.2 Å². The molecule has 8 heteroatoms. The second-order valence-corrected chi connectivity index (χ2v) is 10.5. The predicted octanol–water partition coefficient (Wildman–Crippen LogP) is 7.86. The molecule has 0 bridgehead atoms. The van der Waals surface area contributed by atoms with Crippen LogP contribution in [0.1, 0.15) is 42.6 Å². The van der Waals surface area contributed by atoms with Crippen molar-refractivity contribution < 1.29 is 9.59 Å². The molecule has 0 saturated carbocycles. The quantitative estimate of drug-likeness (QED) is 0.250. The number of anilines is 2. The van der Waals surface area contributed by atoms with Crippen LogP contribution in [0, 0.1) is 6.92 Å². The van der Waals surface area contributed by atoms with Gasteiger partial charge in [0.1, 0.15) is 12.6 Å². The molecule has 0 fully saturated rings. The molecule has 2 heterocycles. The highest BCUT2D eigenvalue weighted by Crippen LogP contribution is 2.42. The first kappa shape index (κ1) is 26.9. The van der Waals surface area contributed by atoms with E-state index in [1.807, 2.05) is 54.4 Å². The van der Waals surface area contributed by atoms with Gasteiger partial charge < -0.3 is 14.8 Å². The number of nitrogens with zero attached hydrogens (tertiary/aromatic N) is 3. The molecule has 1 N–H and O–H groups in total. The minimum Gasteiger partial charge on any atom is -0.316 e. The van der Waals surface area contributed by atoms with E-state index in [2.05, 4.69) is 41.1 Å². The highest BCUT2D eigenvalue weighted by Gasteiger charge is 2.37. The van der Waals surface area contributed by atoms with Gasteiger partial charge in [0.25, 0.3) is 0 Å². The lowest BCUT2D eigenvalue weighted by Gasteiger charge is -2.39. The number of carbonyl (C=O) groups excluding carboxylic acids is 2. The van der Waals surface area contributed by atoms with E-state index in [-0.39, 0.29) is 24.5 Å². The van der Waals surface area contributed by atoms with Crippen molar-refractivity contribution in [2.45, 2.75) is 32.7 Å². The van der Waals surface area contributed by atoms with Gasteiger partial charge in [0.15, 0.2) is 0 Å². The molecule has 0 radical (unpaired) electrons. The fourth-order valence-corrected chi connectivity index (χ4v) is 5.41. The largest absolute Gasteiger partial charge is 0.322 e. The van der Waals surface area contributed by atoms with Crippen LogP contribution in [0.4, 0.5) is 16.2 Å². The van der Waals surface area contributed by atoms with E-state index in [0.29, 0.717) is 22.3 Å². The fraction of sp³-hybridized carbons (Fsp3) is 0.226. The number of urea groups is 1. The molecule has 200 valence electrons. The third-order valence-corrected chi connectivity index (χ3v) is 7.50. The van der Waals surface area contributed by atoms with Gasteiger partial charge in [-0.25, -0.2) is 4.79 Å². The maximum Gasteiger partial charge on any atom is 0.322 e.